The van der Waals surface area contributed by atoms with Crippen molar-refractivity contribution in [3.05, 3.63) is 82.0 Å². The van der Waals surface area contributed by atoms with E-state index in [0.717, 1.165) is 31.0 Å². The highest BCUT2D eigenvalue weighted by Crippen LogP contribution is 2.34. The van der Waals surface area contributed by atoms with Crippen LogP contribution < -0.4 is 0 Å². The summed E-state index contributed by atoms with van der Waals surface area (Å²) < 4.78 is 68.0. The van der Waals surface area contributed by atoms with Gasteiger partial charge in [0, 0.05) is 13.1 Å². The van der Waals surface area contributed by atoms with E-state index in [1.165, 1.54) is 28.7 Å². The fourth-order valence-electron chi connectivity index (χ4n) is 3.56. The number of hydrogen-bond acceptors (Lipinski definition) is 3. The van der Waals surface area contributed by atoms with Crippen molar-refractivity contribution in [1.29, 1.82) is 0 Å². The molecular weight excluding hydrogens is 439 g/mol. The van der Waals surface area contributed by atoms with E-state index < -0.39 is 33.4 Å². The molecule has 1 aliphatic rings. The summed E-state index contributed by atoms with van der Waals surface area (Å²) in [5, 5.41) is -0.253. The third kappa shape index (κ3) is 3.84. The first-order valence-corrected chi connectivity index (χ1v) is 11.0. The molecule has 1 saturated heterocycles. The highest BCUT2D eigenvalue weighted by Gasteiger charge is 2.30. The first-order chi connectivity index (χ1) is 14.3. The molecule has 1 fully saturated rings. The van der Waals surface area contributed by atoms with Crippen LogP contribution >= 0.6 is 11.6 Å². The van der Waals surface area contributed by atoms with Gasteiger partial charge < -0.3 is 4.98 Å². The van der Waals surface area contributed by atoms with E-state index in [1.54, 1.807) is 0 Å². The van der Waals surface area contributed by atoms with Gasteiger partial charge in [0.2, 0.25) is 0 Å². The summed E-state index contributed by atoms with van der Waals surface area (Å²) in [7, 11) is -3.75. The van der Waals surface area contributed by atoms with Crippen molar-refractivity contribution in [2.45, 2.75) is 23.8 Å². The van der Waals surface area contributed by atoms with Crippen molar-refractivity contribution in [3.63, 3.8) is 0 Å². The van der Waals surface area contributed by atoms with Gasteiger partial charge in [-0.2, -0.15) is 4.31 Å². The van der Waals surface area contributed by atoms with Crippen molar-refractivity contribution < 1.29 is 21.6 Å². The molecule has 2 aromatic carbocycles. The number of aromatic amines is 1. The minimum atomic E-state index is -3.75. The lowest BCUT2D eigenvalue weighted by atomic mass is 9.90. The molecule has 5 nitrogen and oxygen atoms in total. The molecule has 0 amide bonds. The number of nitrogens with zero attached hydrogens (tertiary/aromatic N) is 2. The zero-order valence-corrected chi connectivity index (χ0v) is 17.2. The van der Waals surface area contributed by atoms with Crippen LogP contribution in [-0.4, -0.2) is 35.8 Å². The number of sulfonamides is 1. The lowest BCUT2D eigenvalue weighted by Crippen LogP contribution is -2.28. The number of aromatic nitrogens is 2. The summed E-state index contributed by atoms with van der Waals surface area (Å²) >= 11 is 5.91. The Labute approximate surface area is 176 Å². The largest absolute Gasteiger partial charge is 0.331 e. The fraction of sp³-hybridized carbons (Fsp3) is 0.250. The fourth-order valence-corrected chi connectivity index (χ4v) is 5.18. The van der Waals surface area contributed by atoms with Crippen LogP contribution in [0.1, 0.15) is 35.7 Å². The van der Waals surface area contributed by atoms with Crippen molar-refractivity contribution in [2.75, 3.05) is 13.1 Å². The topological polar surface area (TPSA) is 66.1 Å². The maximum absolute atomic E-state index is 13.9. The van der Waals surface area contributed by atoms with Crippen LogP contribution in [0.5, 0.6) is 0 Å². The second-order valence-corrected chi connectivity index (χ2v) is 9.34. The molecule has 1 aliphatic heterocycles. The summed E-state index contributed by atoms with van der Waals surface area (Å²) in [6.45, 7) is 0.855. The van der Waals surface area contributed by atoms with E-state index >= 15 is 0 Å². The highest BCUT2D eigenvalue weighted by molar-refractivity contribution is 7.89. The summed E-state index contributed by atoms with van der Waals surface area (Å²) in [5.41, 5.74) is 0.739. The molecule has 10 heteroatoms. The van der Waals surface area contributed by atoms with Crippen LogP contribution in [0, 0.1) is 17.5 Å². The molecule has 30 heavy (non-hydrogen) atoms. The maximum Gasteiger partial charge on any atom is 0.260 e. The normalized spacial score (nSPS) is 16.1. The molecule has 4 rings (SSSR count). The van der Waals surface area contributed by atoms with Crippen molar-refractivity contribution in [1.82, 2.24) is 14.3 Å². The van der Waals surface area contributed by atoms with Gasteiger partial charge in [0.15, 0.2) is 16.7 Å². The highest BCUT2D eigenvalue weighted by atomic mass is 35.5. The zero-order valence-electron chi connectivity index (χ0n) is 15.6. The zero-order chi connectivity index (χ0) is 21.5. The molecule has 0 spiro atoms. The smallest absolute Gasteiger partial charge is 0.260 e. The van der Waals surface area contributed by atoms with E-state index in [9.17, 15) is 21.6 Å². The van der Waals surface area contributed by atoms with Gasteiger partial charge in [0.1, 0.15) is 11.6 Å². The van der Waals surface area contributed by atoms with Crippen LogP contribution in [0.4, 0.5) is 13.2 Å². The van der Waals surface area contributed by atoms with E-state index in [4.69, 9.17) is 11.6 Å². The van der Waals surface area contributed by atoms with Crippen molar-refractivity contribution >= 4 is 21.6 Å². The number of rotatable bonds is 5. The average molecular weight is 456 g/mol. The quantitative estimate of drug-likeness (QED) is 0.618. The third-order valence-corrected chi connectivity index (χ3v) is 7.18. The Balaban J connectivity index is 1.81. The van der Waals surface area contributed by atoms with Gasteiger partial charge in [0.05, 0.1) is 17.1 Å². The maximum atomic E-state index is 13.9. The Hall–Kier alpha value is -2.36. The average Bonchev–Trinajstić information content (AvgIpc) is 3.40. The predicted octanol–water partition coefficient (Wildman–Crippen LogP) is 4.45. The van der Waals surface area contributed by atoms with Gasteiger partial charge in [-0.15, -0.1) is 0 Å². The molecule has 158 valence electrons. The molecule has 0 radical (unpaired) electrons. The Morgan fingerprint density at radius 2 is 1.60 bits per heavy atom. The van der Waals surface area contributed by atoms with Gasteiger partial charge in [-0.3, -0.25) is 0 Å². The Morgan fingerprint density at radius 3 is 2.23 bits per heavy atom. The Kier molecular flexibility index (Phi) is 5.61. The lowest BCUT2D eigenvalue weighted by molar-refractivity contribution is 0.474. The number of halogens is 4. The first kappa shape index (κ1) is 20.9. The van der Waals surface area contributed by atoms with Crippen molar-refractivity contribution in [2.24, 2.45) is 0 Å². The molecule has 3 aromatic rings. The van der Waals surface area contributed by atoms with Crippen LogP contribution in [0.25, 0.3) is 0 Å². The van der Waals surface area contributed by atoms with Crippen LogP contribution in [0.15, 0.2) is 47.6 Å². The minimum absolute atomic E-state index is 0.0970. The first-order valence-electron chi connectivity index (χ1n) is 9.22. The summed E-state index contributed by atoms with van der Waals surface area (Å²) in [4.78, 5) is 7.00. The van der Waals surface area contributed by atoms with Gasteiger partial charge >= 0.3 is 0 Å². The molecule has 1 N–H and O–H groups in total. The molecule has 2 heterocycles. The molecule has 1 atom stereocenters. The van der Waals surface area contributed by atoms with E-state index in [2.05, 4.69) is 9.97 Å². The van der Waals surface area contributed by atoms with Crippen molar-refractivity contribution in [3.8, 4) is 0 Å². The predicted molar refractivity (Wildman–Crippen MR) is 105 cm³/mol. The minimum Gasteiger partial charge on any atom is -0.331 e. The summed E-state index contributed by atoms with van der Waals surface area (Å²) in [6.07, 6.45) is 2.76. The molecule has 0 aliphatic carbocycles. The van der Waals surface area contributed by atoms with E-state index in [0.29, 0.717) is 24.2 Å². The van der Waals surface area contributed by atoms with Crippen LogP contribution in [0.2, 0.25) is 5.02 Å². The van der Waals surface area contributed by atoms with E-state index in [-0.39, 0.29) is 15.9 Å². The molecule has 1 aromatic heterocycles. The Bertz CT molecular complexity index is 1140. The molecular formula is C20H17ClF3N3O2S. The van der Waals surface area contributed by atoms with Gasteiger partial charge in [-0.1, -0.05) is 23.7 Å². The molecule has 0 saturated carbocycles. The Morgan fingerprint density at radius 1 is 0.967 bits per heavy atom. The number of hydrogen-bond donors (Lipinski definition) is 1. The number of H-pyrrole nitrogens is 1. The monoisotopic (exact) mass is 455 g/mol. The molecule has 1 unspecified atom stereocenters. The van der Waals surface area contributed by atoms with Crippen LogP contribution in [0.3, 0.4) is 0 Å². The van der Waals surface area contributed by atoms with Gasteiger partial charge in [0.25, 0.3) is 10.0 Å². The molecule has 0 bridgehead atoms. The summed E-state index contributed by atoms with van der Waals surface area (Å²) in [6, 6.07) is 7.25. The van der Waals surface area contributed by atoms with Gasteiger partial charge in [-0.05, 0) is 48.2 Å². The van der Waals surface area contributed by atoms with Crippen LogP contribution in [-0.2, 0) is 10.0 Å². The summed E-state index contributed by atoms with van der Waals surface area (Å²) in [5.74, 6) is -3.36. The number of imidazole rings is 1. The lowest BCUT2D eigenvalue weighted by Gasteiger charge is -2.17. The SMILES string of the molecule is O=S(=O)(c1cnc(C(c2ccc(F)c(F)c2)c2ccc(F)c(Cl)c2)[nH]1)N1CCCC1. The van der Waals surface area contributed by atoms with E-state index in [1.807, 2.05) is 0 Å². The van der Waals surface area contributed by atoms with Gasteiger partial charge in [-0.25, -0.2) is 26.6 Å². The third-order valence-electron chi connectivity index (χ3n) is 5.08. The number of benzene rings is 2. The second-order valence-electron chi connectivity index (χ2n) is 7.02. The number of nitrogens with one attached hydrogen (secondary N) is 1. The second kappa shape index (κ2) is 8.05. The standard InChI is InChI=1S/C20H17ClF3N3O2S/c21-14-9-12(3-5-15(14)22)19(13-4-6-16(23)17(24)10-13)20-25-11-18(26-20)30(28,29)27-7-1-2-8-27/h3-6,9-11,19H,1-2,7-8H2,(H,25,26).